The molecule has 0 bridgehead atoms. The van der Waals surface area contributed by atoms with Gasteiger partial charge < -0.3 is 15.4 Å². The Balaban J connectivity index is 1.83. The summed E-state index contributed by atoms with van der Waals surface area (Å²) >= 11 is 11.9. The zero-order valence-corrected chi connectivity index (χ0v) is 15.4. The van der Waals surface area contributed by atoms with Crippen molar-refractivity contribution in [2.24, 2.45) is 0 Å². The first kappa shape index (κ1) is 18.2. The second-order valence-electron chi connectivity index (χ2n) is 5.35. The standard InChI is InChI=1S/C17H14Cl2FN5O/c1-9-5-14(15(26-2)7-11(9)18)23-17-24-16(8-21-25-17)22-10-3-4-13(20)12(19)6-10/h3-8H,1-2H3,(H2,22,23,24,25). The summed E-state index contributed by atoms with van der Waals surface area (Å²) in [7, 11) is 1.54. The summed E-state index contributed by atoms with van der Waals surface area (Å²) in [5, 5.41) is 14.5. The smallest absolute Gasteiger partial charge is 0.249 e. The number of nitrogens with zero attached hydrogens (tertiary/aromatic N) is 3. The first-order valence-corrected chi connectivity index (χ1v) is 8.25. The fraction of sp³-hybridized carbons (Fsp3) is 0.118. The maximum atomic E-state index is 13.2. The molecule has 0 fully saturated rings. The van der Waals surface area contributed by atoms with Crippen molar-refractivity contribution < 1.29 is 9.13 Å². The molecule has 9 heteroatoms. The van der Waals surface area contributed by atoms with Crippen molar-refractivity contribution in [3.63, 3.8) is 0 Å². The number of halogens is 3. The van der Waals surface area contributed by atoms with Crippen LogP contribution in [0.1, 0.15) is 5.56 Å². The van der Waals surface area contributed by atoms with Crippen LogP contribution in [-0.4, -0.2) is 22.3 Å². The summed E-state index contributed by atoms with van der Waals surface area (Å²) in [5.41, 5.74) is 2.10. The third-order valence-corrected chi connectivity index (χ3v) is 4.17. The molecule has 0 radical (unpaired) electrons. The highest BCUT2D eigenvalue weighted by Gasteiger charge is 2.10. The van der Waals surface area contributed by atoms with Crippen molar-refractivity contribution in [2.75, 3.05) is 17.7 Å². The van der Waals surface area contributed by atoms with Crippen LogP contribution in [0.3, 0.4) is 0 Å². The molecule has 2 N–H and O–H groups in total. The Bertz CT molecular complexity index is 954. The highest BCUT2D eigenvalue weighted by atomic mass is 35.5. The Kier molecular flexibility index (Phi) is 5.39. The molecule has 3 rings (SSSR count). The van der Waals surface area contributed by atoms with Crippen LogP contribution in [0.5, 0.6) is 5.75 Å². The lowest BCUT2D eigenvalue weighted by Crippen LogP contribution is -2.04. The molecule has 0 amide bonds. The van der Waals surface area contributed by atoms with Crippen molar-refractivity contribution in [2.45, 2.75) is 6.92 Å². The molecular weight excluding hydrogens is 380 g/mol. The fourth-order valence-corrected chi connectivity index (χ4v) is 2.52. The van der Waals surface area contributed by atoms with Crippen molar-refractivity contribution in [1.29, 1.82) is 0 Å². The van der Waals surface area contributed by atoms with E-state index >= 15 is 0 Å². The first-order chi connectivity index (χ1) is 12.5. The molecule has 6 nitrogen and oxygen atoms in total. The van der Waals surface area contributed by atoms with E-state index in [-0.39, 0.29) is 11.0 Å². The van der Waals surface area contributed by atoms with Crippen molar-refractivity contribution in [3.8, 4) is 5.75 Å². The molecule has 0 atom stereocenters. The zero-order chi connectivity index (χ0) is 18.7. The average molecular weight is 394 g/mol. The van der Waals surface area contributed by atoms with Gasteiger partial charge in [0, 0.05) is 16.8 Å². The number of aromatic nitrogens is 3. The minimum absolute atomic E-state index is 0.0109. The highest BCUT2D eigenvalue weighted by molar-refractivity contribution is 6.31. The first-order valence-electron chi connectivity index (χ1n) is 7.49. The van der Waals surface area contributed by atoms with Gasteiger partial charge in [0.2, 0.25) is 5.95 Å². The largest absolute Gasteiger partial charge is 0.495 e. The molecule has 2 aromatic carbocycles. The van der Waals surface area contributed by atoms with Crippen molar-refractivity contribution in [1.82, 2.24) is 15.2 Å². The van der Waals surface area contributed by atoms with E-state index in [0.29, 0.717) is 28.0 Å². The van der Waals surface area contributed by atoms with Crippen molar-refractivity contribution >= 4 is 46.3 Å². The highest BCUT2D eigenvalue weighted by Crippen LogP contribution is 2.32. The van der Waals surface area contributed by atoms with Crippen LogP contribution in [0, 0.1) is 12.7 Å². The van der Waals surface area contributed by atoms with Crippen molar-refractivity contribution in [3.05, 3.63) is 58.0 Å². The zero-order valence-electron chi connectivity index (χ0n) is 13.8. The lowest BCUT2D eigenvalue weighted by atomic mass is 10.2. The molecule has 0 aliphatic heterocycles. The van der Waals surface area contributed by atoms with Gasteiger partial charge >= 0.3 is 0 Å². The molecule has 0 spiro atoms. The SMILES string of the molecule is COc1cc(Cl)c(C)cc1Nc1nncc(Nc2ccc(F)c(Cl)c2)n1. The predicted molar refractivity (Wildman–Crippen MR) is 101 cm³/mol. The number of rotatable bonds is 5. The van der Waals surface area contributed by atoms with Gasteiger partial charge in [-0.05, 0) is 36.8 Å². The predicted octanol–water partition coefficient (Wildman–Crippen LogP) is 5.12. The molecule has 1 aromatic heterocycles. The average Bonchev–Trinajstić information content (AvgIpc) is 2.61. The quantitative estimate of drug-likeness (QED) is 0.626. The Labute approximate surface area is 159 Å². The molecule has 0 unspecified atom stereocenters. The van der Waals surface area contributed by atoms with E-state index in [1.807, 2.05) is 13.0 Å². The summed E-state index contributed by atoms with van der Waals surface area (Å²) in [6.07, 6.45) is 1.44. The number of benzene rings is 2. The Hall–Kier alpha value is -2.64. The second kappa shape index (κ2) is 7.72. The van der Waals surface area contributed by atoms with Crippen LogP contribution in [0.2, 0.25) is 10.0 Å². The van der Waals surface area contributed by atoms with Gasteiger partial charge in [-0.25, -0.2) is 4.39 Å². The lowest BCUT2D eigenvalue weighted by molar-refractivity contribution is 0.416. The van der Waals surface area contributed by atoms with Gasteiger partial charge in [0.15, 0.2) is 5.82 Å². The molecule has 1 heterocycles. The number of aryl methyl sites for hydroxylation is 1. The Morgan fingerprint density at radius 2 is 1.88 bits per heavy atom. The third kappa shape index (κ3) is 4.12. The third-order valence-electron chi connectivity index (χ3n) is 3.48. The van der Waals surface area contributed by atoms with E-state index in [4.69, 9.17) is 27.9 Å². The monoisotopic (exact) mass is 393 g/mol. The number of hydrogen-bond acceptors (Lipinski definition) is 6. The minimum Gasteiger partial charge on any atom is -0.495 e. The number of anilines is 4. The summed E-state index contributed by atoms with van der Waals surface area (Å²) in [4.78, 5) is 4.32. The molecular formula is C17H14Cl2FN5O. The normalized spacial score (nSPS) is 10.5. The number of hydrogen-bond donors (Lipinski definition) is 2. The van der Waals surface area contributed by atoms with E-state index in [1.54, 1.807) is 19.2 Å². The van der Waals surface area contributed by atoms with Crippen LogP contribution in [0.4, 0.5) is 27.5 Å². The maximum absolute atomic E-state index is 13.2. The number of ether oxygens (including phenoxy) is 1. The van der Waals surface area contributed by atoms with Crippen LogP contribution < -0.4 is 15.4 Å². The van der Waals surface area contributed by atoms with E-state index in [0.717, 1.165) is 5.56 Å². The number of nitrogens with one attached hydrogen (secondary N) is 2. The molecule has 0 aliphatic rings. The van der Waals surface area contributed by atoms with Crippen LogP contribution in [0.15, 0.2) is 36.5 Å². The van der Waals surface area contributed by atoms with Gasteiger partial charge in [0.05, 0.1) is 24.0 Å². The van der Waals surface area contributed by atoms with Crippen LogP contribution in [-0.2, 0) is 0 Å². The van der Waals surface area contributed by atoms with Gasteiger partial charge in [-0.3, -0.25) is 0 Å². The summed E-state index contributed by atoms with van der Waals surface area (Å²) in [6.45, 7) is 1.88. The molecule has 0 saturated heterocycles. The summed E-state index contributed by atoms with van der Waals surface area (Å²) in [6, 6.07) is 7.79. The second-order valence-corrected chi connectivity index (χ2v) is 6.16. The number of methoxy groups -OCH3 is 1. The van der Waals surface area contributed by atoms with E-state index in [2.05, 4.69) is 25.8 Å². The van der Waals surface area contributed by atoms with Gasteiger partial charge in [-0.1, -0.05) is 23.2 Å². The van der Waals surface area contributed by atoms with Gasteiger partial charge in [-0.15, -0.1) is 5.10 Å². The topological polar surface area (TPSA) is 72.0 Å². The minimum atomic E-state index is -0.495. The fourth-order valence-electron chi connectivity index (χ4n) is 2.19. The lowest BCUT2D eigenvalue weighted by Gasteiger charge is -2.12. The van der Waals surface area contributed by atoms with E-state index < -0.39 is 5.82 Å². The molecule has 3 aromatic rings. The molecule has 0 aliphatic carbocycles. The van der Waals surface area contributed by atoms with Crippen LogP contribution in [0.25, 0.3) is 0 Å². The molecule has 26 heavy (non-hydrogen) atoms. The molecule has 134 valence electrons. The van der Waals surface area contributed by atoms with Crippen LogP contribution >= 0.6 is 23.2 Å². The van der Waals surface area contributed by atoms with Gasteiger partial charge in [0.25, 0.3) is 0 Å². The maximum Gasteiger partial charge on any atom is 0.249 e. The van der Waals surface area contributed by atoms with Gasteiger partial charge in [-0.2, -0.15) is 10.1 Å². The Morgan fingerprint density at radius 1 is 1.08 bits per heavy atom. The van der Waals surface area contributed by atoms with Gasteiger partial charge in [0.1, 0.15) is 11.6 Å². The summed E-state index contributed by atoms with van der Waals surface area (Å²) < 4.78 is 18.6. The Morgan fingerprint density at radius 3 is 2.62 bits per heavy atom. The molecule has 0 saturated carbocycles. The van der Waals surface area contributed by atoms with E-state index in [9.17, 15) is 4.39 Å². The summed E-state index contributed by atoms with van der Waals surface area (Å²) in [5.74, 6) is 0.719. The van der Waals surface area contributed by atoms with E-state index in [1.165, 1.54) is 18.3 Å².